The molecule has 0 saturated carbocycles. The molecule has 0 aliphatic heterocycles. The van der Waals surface area contributed by atoms with Gasteiger partial charge in [-0.15, -0.1) is 0 Å². The van der Waals surface area contributed by atoms with E-state index >= 15 is 0 Å². The van der Waals surface area contributed by atoms with Gasteiger partial charge in [0.05, 0.1) is 5.52 Å². The van der Waals surface area contributed by atoms with Gasteiger partial charge in [-0.3, -0.25) is 9.89 Å². The molecular weight excluding hydrogens is 200 g/mol. The second kappa shape index (κ2) is 3.74. The summed E-state index contributed by atoms with van der Waals surface area (Å²) in [7, 11) is 0. The molecular formula is C13H16N2O. The van der Waals surface area contributed by atoms with Crippen LogP contribution in [0.25, 0.3) is 10.9 Å². The van der Waals surface area contributed by atoms with Gasteiger partial charge in [0.15, 0.2) is 5.78 Å². The molecule has 2 aromatic rings. The van der Waals surface area contributed by atoms with Crippen LogP contribution in [-0.2, 0) is 0 Å². The molecule has 0 radical (unpaired) electrons. The molecule has 1 aromatic heterocycles. The van der Waals surface area contributed by atoms with Crippen molar-refractivity contribution in [3.8, 4) is 0 Å². The van der Waals surface area contributed by atoms with Gasteiger partial charge >= 0.3 is 0 Å². The lowest BCUT2D eigenvalue weighted by molar-refractivity contribution is 0.0829. The molecule has 0 spiro atoms. The van der Waals surface area contributed by atoms with E-state index in [4.69, 9.17) is 0 Å². The first-order valence-corrected chi connectivity index (χ1v) is 5.54. The van der Waals surface area contributed by atoms with Gasteiger partial charge < -0.3 is 0 Å². The number of carbonyl (C=O) groups excluding carboxylic acids is 1. The van der Waals surface area contributed by atoms with E-state index in [1.807, 2.05) is 45.0 Å². The maximum Gasteiger partial charge on any atom is 0.189 e. The Balaban J connectivity index is 2.52. The molecule has 1 aromatic carbocycles. The predicted octanol–water partition coefficient (Wildman–Crippen LogP) is 3.18. The Bertz CT molecular complexity index is 525. The van der Waals surface area contributed by atoms with E-state index in [1.54, 1.807) is 0 Å². The summed E-state index contributed by atoms with van der Waals surface area (Å²) in [6, 6.07) is 7.71. The summed E-state index contributed by atoms with van der Waals surface area (Å²) >= 11 is 0. The predicted molar refractivity (Wildman–Crippen MR) is 64.5 cm³/mol. The Hall–Kier alpha value is -1.64. The number of nitrogens with one attached hydrogen (secondary N) is 1. The Labute approximate surface area is 94.9 Å². The number of benzene rings is 1. The molecule has 0 amide bonds. The van der Waals surface area contributed by atoms with Crippen molar-refractivity contribution in [1.29, 1.82) is 0 Å². The number of Topliss-reactive ketones (excluding diaryl/α,β-unsaturated/α-hetero) is 1. The van der Waals surface area contributed by atoms with Crippen molar-refractivity contribution < 1.29 is 4.79 Å². The molecule has 0 aliphatic carbocycles. The first kappa shape index (κ1) is 10.9. The van der Waals surface area contributed by atoms with Gasteiger partial charge in [0.2, 0.25) is 0 Å². The fourth-order valence-corrected chi connectivity index (χ4v) is 1.62. The lowest BCUT2D eigenvalue weighted by atomic mass is 9.83. The van der Waals surface area contributed by atoms with Gasteiger partial charge in [0.25, 0.3) is 0 Å². The molecule has 0 atom stereocenters. The van der Waals surface area contributed by atoms with Crippen molar-refractivity contribution in [3.05, 3.63) is 30.0 Å². The Morgan fingerprint density at radius 2 is 2.06 bits per heavy atom. The molecule has 2 rings (SSSR count). The number of fused-ring (bicyclic) bond motifs is 1. The molecule has 0 bridgehead atoms. The number of para-hydroxylation sites is 1. The van der Waals surface area contributed by atoms with Gasteiger partial charge in [0.1, 0.15) is 5.69 Å². The third-order valence-corrected chi connectivity index (χ3v) is 3.18. The first-order chi connectivity index (χ1) is 7.56. The zero-order valence-electron chi connectivity index (χ0n) is 9.87. The largest absolute Gasteiger partial charge is 0.292 e. The summed E-state index contributed by atoms with van der Waals surface area (Å²) in [4.78, 5) is 12.3. The average Bonchev–Trinajstić information content (AvgIpc) is 2.71. The summed E-state index contributed by atoms with van der Waals surface area (Å²) in [5.74, 6) is 0.104. The van der Waals surface area contributed by atoms with E-state index in [0.29, 0.717) is 5.69 Å². The van der Waals surface area contributed by atoms with Crippen molar-refractivity contribution in [2.75, 3.05) is 0 Å². The van der Waals surface area contributed by atoms with Crippen LogP contribution < -0.4 is 0 Å². The molecule has 0 saturated heterocycles. The van der Waals surface area contributed by atoms with Crippen LogP contribution in [0.3, 0.4) is 0 Å². The minimum absolute atomic E-state index is 0.104. The van der Waals surface area contributed by atoms with E-state index in [0.717, 1.165) is 17.3 Å². The highest BCUT2D eigenvalue weighted by Crippen LogP contribution is 2.27. The van der Waals surface area contributed by atoms with Crippen LogP contribution in [0, 0.1) is 5.41 Å². The normalized spacial score (nSPS) is 11.9. The summed E-state index contributed by atoms with van der Waals surface area (Å²) in [5.41, 5.74) is 1.12. The maximum absolute atomic E-state index is 12.3. The van der Waals surface area contributed by atoms with E-state index in [1.165, 1.54) is 0 Å². The number of hydrogen-bond acceptors (Lipinski definition) is 2. The zero-order chi connectivity index (χ0) is 11.8. The highest BCUT2D eigenvalue weighted by atomic mass is 16.1. The van der Waals surface area contributed by atoms with E-state index in [2.05, 4.69) is 10.2 Å². The Kier molecular flexibility index (Phi) is 2.54. The molecule has 3 heteroatoms. The monoisotopic (exact) mass is 216 g/mol. The second-order valence-corrected chi connectivity index (χ2v) is 4.68. The minimum atomic E-state index is -0.349. The van der Waals surface area contributed by atoms with Crippen molar-refractivity contribution in [1.82, 2.24) is 10.2 Å². The Morgan fingerprint density at radius 1 is 1.38 bits per heavy atom. The van der Waals surface area contributed by atoms with Crippen LogP contribution in [0.1, 0.15) is 37.7 Å². The van der Waals surface area contributed by atoms with Gasteiger partial charge in [-0.25, -0.2) is 0 Å². The van der Waals surface area contributed by atoms with Gasteiger partial charge in [-0.2, -0.15) is 5.10 Å². The van der Waals surface area contributed by atoms with Crippen molar-refractivity contribution >= 4 is 16.7 Å². The lowest BCUT2D eigenvalue weighted by Gasteiger charge is -2.19. The van der Waals surface area contributed by atoms with Crippen molar-refractivity contribution in [2.24, 2.45) is 5.41 Å². The summed E-state index contributed by atoms with van der Waals surface area (Å²) in [6.07, 6.45) is 0.813. The summed E-state index contributed by atoms with van der Waals surface area (Å²) < 4.78 is 0. The minimum Gasteiger partial charge on any atom is -0.292 e. The standard InChI is InChI=1S/C13H16N2O/c1-4-13(2,3)12(16)11-9-7-5-6-8-10(9)14-15-11/h5-8H,4H2,1-3H3,(H,14,15). The third-order valence-electron chi connectivity index (χ3n) is 3.18. The Morgan fingerprint density at radius 3 is 2.75 bits per heavy atom. The number of nitrogens with zero attached hydrogens (tertiary/aromatic N) is 1. The topological polar surface area (TPSA) is 45.8 Å². The molecule has 84 valence electrons. The zero-order valence-corrected chi connectivity index (χ0v) is 9.87. The smallest absolute Gasteiger partial charge is 0.189 e. The van der Waals surface area contributed by atoms with Crippen LogP contribution in [0.15, 0.2) is 24.3 Å². The maximum atomic E-state index is 12.3. The van der Waals surface area contributed by atoms with Crippen LogP contribution in [0.4, 0.5) is 0 Å². The van der Waals surface area contributed by atoms with E-state index in [9.17, 15) is 4.79 Å². The highest BCUT2D eigenvalue weighted by molar-refractivity contribution is 6.08. The van der Waals surface area contributed by atoms with Gasteiger partial charge in [-0.1, -0.05) is 39.0 Å². The van der Waals surface area contributed by atoms with Crippen LogP contribution in [0.2, 0.25) is 0 Å². The number of aromatic nitrogens is 2. The first-order valence-electron chi connectivity index (χ1n) is 5.54. The molecule has 16 heavy (non-hydrogen) atoms. The SMILES string of the molecule is CCC(C)(C)C(=O)c1n[nH]c2ccccc12. The second-order valence-electron chi connectivity index (χ2n) is 4.68. The van der Waals surface area contributed by atoms with Crippen molar-refractivity contribution in [3.63, 3.8) is 0 Å². The van der Waals surface area contributed by atoms with Crippen LogP contribution >= 0.6 is 0 Å². The van der Waals surface area contributed by atoms with Gasteiger partial charge in [0, 0.05) is 10.8 Å². The van der Waals surface area contributed by atoms with Crippen LogP contribution in [-0.4, -0.2) is 16.0 Å². The summed E-state index contributed by atoms with van der Waals surface area (Å²) in [6.45, 7) is 5.93. The number of carbonyl (C=O) groups is 1. The molecule has 0 fully saturated rings. The third kappa shape index (κ3) is 1.62. The lowest BCUT2D eigenvalue weighted by Crippen LogP contribution is -2.23. The van der Waals surface area contributed by atoms with E-state index in [-0.39, 0.29) is 11.2 Å². The number of ketones is 1. The van der Waals surface area contributed by atoms with Gasteiger partial charge in [-0.05, 0) is 12.5 Å². The van der Waals surface area contributed by atoms with E-state index < -0.39 is 0 Å². The number of H-pyrrole nitrogens is 1. The molecule has 1 N–H and O–H groups in total. The highest BCUT2D eigenvalue weighted by Gasteiger charge is 2.29. The van der Waals surface area contributed by atoms with Crippen LogP contribution in [0.5, 0.6) is 0 Å². The fourth-order valence-electron chi connectivity index (χ4n) is 1.62. The van der Waals surface area contributed by atoms with Crippen molar-refractivity contribution in [2.45, 2.75) is 27.2 Å². The quantitative estimate of drug-likeness (QED) is 0.801. The molecule has 1 heterocycles. The number of rotatable bonds is 3. The average molecular weight is 216 g/mol. The summed E-state index contributed by atoms with van der Waals surface area (Å²) in [5, 5.41) is 7.94. The number of hydrogen-bond donors (Lipinski definition) is 1. The number of aromatic amines is 1. The molecule has 0 aliphatic rings. The fraction of sp³-hybridized carbons (Fsp3) is 0.385. The molecule has 3 nitrogen and oxygen atoms in total. The molecule has 0 unspecified atom stereocenters.